The van der Waals surface area contributed by atoms with Crippen LogP contribution in [0.4, 0.5) is 0 Å². The van der Waals surface area contributed by atoms with Crippen LogP contribution in [0.5, 0.6) is 0 Å². The first-order valence-corrected chi connectivity index (χ1v) is 6.43. The van der Waals surface area contributed by atoms with Crippen molar-refractivity contribution in [3.8, 4) is 0 Å². The lowest BCUT2D eigenvalue weighted by Crippen LogP contribution is -2.55. The van der Waals surface area contributed by atoms with Gasteiger partial charge in [0.25, 0.3) is 0 Å². The average Bonchev–Trinajstić information content (AvgIpc) is 2.18. The zero-order chi connectivity index (χ0) is 11.5. The third-order valence-electron chi connectivity index (χ3n) is 4.05. The van der Waals surface area contributed by atoms with Gasteiger partial charge >= 0.3 is 5.97 Å². The van der Waals surface area contributed by atoms with Crippen molar-refractivity contribution in [2.75, 3.05) is 26.2 Å². The highest BCUT2D eigenvalue weighted by molar-refractivity contribution is 5.73. The molecule has 16 heavy (non-hydrogen) atoms. The third kappa shape index (κ3) is 2.38. The standard InChI is InChI=1S/C12H22N2O2/c1-2-11(12(15)16)14-8-6-13(7-9-14)10-4-3-5-10/h10-11H,2-9H2,1H3,(H,15,16). The van der Waals surface area contributed by atoms with Crippen molar-refractivity contribution < 1.29 is 9.90 Å². The van der Waals surface area contributed by atoms with Crippen LogP contribution in [-0.2, 0) is 4.79 Å². The quantitative estimate of drug-likeness (QED) is 0.777. The van der Waals surface area contributed by atoms with Crippen LogP contribution in [0.3, 0.4) is 0 Å². The smallest absolute Gasteiger partial charge is 0.320 e. The predicted molar refractivity (Wildman–Crippen MR) is 62.5 cm³/mol. The first-order chi connectivity index (χ1) is 7.72. The molecule has 92 valence electrons. The third-order valence-corrected chi connectivity index (χ3v) is 4.05. The maximum Gasteiger partial charge on any atom is 0.320 e. The summed E-state index contributed by atoms with van der Waals surface area (Å²) in [6.45, 7) is 5.89. The lowest BCUT2D eigenvalue weighted by Gasteiger charge is -2.44. The molecule has 0 bridgehead atoms. The number of aliphatic carboxylic acids is 1. The maximum atomic E-state index is 11.1. The van der Waals surface area contributed by atoms with Gasteiger partial charge in [-0.1, -0.05) is 13.3 Å². The molecule has 1 heterocycles. The van der Waals surface area contributed by atoms with E-state index in [4.69, 9.17) is 5.11 Å². The lowest BCUT2D eigenvalue weighted by molar-refractivity contribution is -0.144. The van der Waals surface area contributed by atoms with E-state index in [1.165, 1.54) is 19.3 Å². The van der Waals surface area contributed by atoms with Gasteiger partial charge in [0.1, 0.15) is 6.04 Å². The fourth-order valence-corrected chi connectivity index (χ4v) is 2.76. The molecule has 1 saturated heterocycles. The molecule has 1 atom stereocenters. The first-order valence-electron chi connectivity index (χ1n) is 6.43. The van der Waals surface area contributed by atoms with Crippen molar-refractivity contribution in [2.45, 2.75) is 44.7 Å². The summed E-state index contributed by atoms with van der Waals surface area (Å²) in [6, 6.07) is 0.524. The number of nitrogens with zero attached hydrogens (tertiary/aromatic N) is 2. The monoisotopic (exact) mass is 226 g/mol. The Balaban J connectivity index is 1.81. The molecule has 1 aliphatic heterocycles. The topological polar surface area (TPSA) is 43.8 Å². The van der Waals surface area contributed by atoms with Gasteiger partial charge < -0.3 is 5.11 Å². The summed E-state index contributed by atoms with van der Waals surface area (Å²) in [6.07, 6.45) is 4.77. The van der Waals surface area contributed by atoms with E-state index in [2.05, 4.69) is 9.80 Å². The molecule has 4 heteroatoms. The molecular weight excluding hydrogens is 204 g/mol. The molecule has 1 aliphatic carbocycles. The van der Waals surface area contributed by atoms with Gasteiger partial charge in [-0.15, -0.1) is 0 Å². The van der Waals surface area contributed by atoms with E-state index in [-0.39, 0.29) is 6.04 Å². The summed E-state index contributed by atoms with van der Waals surface area (Å²) in [4.78, 5) is 15.7. The summed E-state index contributed by atoms with van der Waals surface area (Å²) < 4.78 is 0. The van der Waals surface area contributed by atoms with E-state index in [0.717, 1.165) is 32.2 Å². The molecule has 1 unspecified atom stereocenters. The van der Waals surface area contributed by atoms with E-state index in [1.807, 2.05) is 6.92 Å². The molecule has 1 N–H and O–H groups in total. The second-order valence-corrected chi connectivity index (χ2v) is 4.92. The van der Waals surface area contributed by atoms with Crippen LogP contribution in [0.2, 0.25) is 0 Å². The van der Waals surface area contributed by atoms with Crippen LogP contribution < -0.4 is 0 Å². The second kappa shape index (κ2) is 5.15. The molecule has 0 radical (unpaired) electrons. The Morgan fingerprint density at radius 3 is 2.31 bits per heavy atom. The minimum absolute atomic E-state index is 0.274. The van der Waals surface area contributed by atoms with Gasteiger partial charge in [0.05, 0.1) is 0 Å². The molecule has 4 nitrogen and oxygen atoms in total. The Morgan fingerprint density at radius 2 is 1.94 bits per heavy atom. The number of piperazine rings is 1. The number of carboxylic acids is 1. The summed E-state index contributed by atoms with van der Waals surface area (Å²) in [5, 5.41) is 9.10. The largest absolute Gasteiger partial charge is 0.480 e. The molecule has 2 aliphatic rings. The Kier molecular flexibility index (Phi) is 3.82. The fraction of sp³-hybridized carbons (Fsp3) is 0.917. The molecule has 0 aromatic carbocycles. The van der Waals surface area contributed by atoms with E-state index in [0.29, 0.717) is 6.42 Å². The molecule has 0 aromatic rings. The Bertz CT molecular complexity index is 245. The number of carboxylic acid groups (broad SMARTS) is 1. The fourth-order valence-electron chi connectivity index (χ4n) is 2.76. The Labute approximate surface area is 97.2 Å². The van der Waals surface area contributed by atoms with Crippen molar-refractivity contribution in [2.24, 2.45) is 0 Å². The normalized spacial score (nSPS) is 26.3. The predicted octanol–water partition coefficient (Wildman–Crippen LogP) is 1.02. The molecular formula is C12H22N2O2. The highest BCUT2D eigenvalue weighted by Gasteiger charge is 2.31. The summed E-state index contributed by atoms with van der Waals surface area (Å²) in [5.74, 6) is -0.667. The van der Waals surface area contributed by atoms with E-state index < -0.39 is 5.97 Å². The van der Waals surface area contributed by atoms with Crippen molar-refractivity contribution in [1.29, 1.82) is 0 Å². The van der Waals surface area contributed by atoms with Crippen LogP contribution in [0.15, 0.2) is 0 Å². The zero-order valence-corrected chi connectivity index (χ0v) is 10.1. The van der Waals surface area contributed by atoms with Gasteiger partial charge in [0, 0.05) is 32.2 Å². The van der Waals surface area contributed by atoms with Gasteiger partial charge in [-0.3, -0.25) is 14.6 Å². The number of hydrogen-bond acceptors (Lipinski definition) is 3. The van der Waals surface area contributed by atoms with Crippen LogP contribution >= 0.6 is 0 Å². The van der Waals surface area contributed by atoms with E-state index in [9.17, 15) is 4.79 Å². The number of hydrogen-bond donors (Lipinski definition) is 1. The van der Waals surface area contributed by atoms with Crippen LogP contribution in [0, 0.1) is 0 Å². The molecule has 0 amide bonds. The van der Waals surface area contributed by atoms with Gasteiger partial charge in [-0.05, 0) is 19.3 Å². The van der Waals surface area contributed by atoms with Gasteiger partial charge in [-0.2, -0.15) is 0 Å². The van der Waals surface area contributed by atoms with Crippen LogP contribution in [-0.4, -0.2) is 59.1 Å². The van der Waals surface area contributed by atoms with Gasteiger partial charge in [0.2, 0.25) is 0 Å². The minimum atomic E-state index is -0.667. The Morgan fingerprint density at radius 1 is 1.31 bits per heavy atom. The van der Waals surface area contributed by atoms with Crippen LogP contribution in [0.1, 0.15) is 32.6 Å². The summed E-state index contributed by atoms with van der Waals surface area (Å²) in [7, 11) is 0. The molecule has 1 saturated carbocycles. The van der Waals surface area contributed by atoms with Crippen LogP contribution in [0.25, 0.3) is 0 Å². The Hall–Kier alpha value is -0.610. The minimum Gasteiger partial charge on any atom is -0.480 e. The molecule has 0 aromatic heterocycles. The SMILES string of the molecule is CCC(C(=O)O)N1CCN(C2CCC2)CC1. The van der Waals surface area contributed by atoms with E-state index in [1.54, 1.807) is 0 Å². The van der Waals surface area contributed by atoms with Crippen molar-refractivity contribution in [3.05, 3.63) is 0 Å². The van der Waals surface area contributed by atoms with Crippen molar-refractivity contribution in [3.63, 3.8) is 0 Å². The number of carbonyl (C=O) groups is 1. The summed E-state index contributed by atoms with van der Waals surface area (Å²) in [5.41, 5.74) is 0. The second-order valence-electron chi connectivity index (χ2n) is 4.92. The lowest BCUT2D eigenvalue weighted by atomic mass is 9.91. The van der Waals surface area contributed by atoms with Crippen molar-refractivity contribution >= 4 is 5.97 Å². The van der Waals surface area contributed by atoms with E-state index >= 15 is 0 Å². The zero-order valence-electron chi connectivity index (χ0n) is 10.1. The maximum absolute atomic E-state index is 11.1. The van der Waals surface area contributed by atoms with Crippen molar-refractivity contribution in [1.82, 2.24) is 9.80 Å². The molecule has 2 fully saturated rings. The molecule has 0 spiro atoms. The number of rotatable bonds is 4. The highest BCUT2D eigenvalue weighted by Crippen LogP contribution is 2.25. The highest BCUT2D eigenvalue weighted by atomic mass is 16.4. The first kappa shape index (κ1) is 11.9. The summed E-state index contributed by atoms with van der Waals surface area (Å²) >= 11 is 0. The average molecular weight is 226 g/mol. The molecule has 2 rings (SSSR count). The van der Waals surface area contributed by atoms with Gasteiger partial charge in [0.15, 0.2) is 0 Å². The van der Waals surface area contributed by atoms with Gasteiger partial charge in [-0.25, -0.2) is 0 Å².